The monoisotopic (exact) mass is 376 g/mol. The van der Waals surface area contributed by atoms with Crippen LogP contribution in [0, 0.1) is 11.8 Å². The molecule has 1 aliphatic rings. The van der Waals surface area contributed by atoms with Crippen molar-refractivity contribution in [3.8, 4) is 0 Å². The Morgan fingerprint density at radius 1 is 1.15 bits per heavy atom. The molecule has 0 aromatic rings. The lowest BCUT2D eigenvalue weighted by Crippen LogP contribution is -2.20. The van der Waals surface area contributed by atoms with Gasteiger partial charge in [-0.15, -0.1) is 0 Å². The van der Waals surface area contributed by atoms with Gasteiger partial charge in [0.05, 0.1) is 12.2 Å². The molecule has 0 aromatic carbocycles. The molecule has 1 fully saturated rings. The summed E-state index contributed by atoms with van der Waals surface area (Å²) in [5, 5.41) is 28.9. The Hall–Kier alpha value is -1.98. The first-order valence-corrected chi connectivity index (χ1v) is 9.69. The topological polar surface area (TPSA) is 94.8 Å². The molecule has 1 saturated carbocycles. The van der Waals surface area contributed by atoms with Crippen molar-refractivity contribution in [1.82, 2.24) is 0 Å². The zero-order valence-electron chi connectivity index (χ0n) is 16.0. The van der Waals surface area contributed by atoms with Crippen molar-refractivity contribution >= 4 is 11.8 Å². The van der Waals surface area contributed by atoms with Crippen molar-refractivity contribution in [2.45, 2.75) is 64.1 Å². The number of aliphatic carboxylic acids is 1. The summed E-state index contributed by atoms with van der Waals surface area (Å²) in [7, 11) is 0. The molecule has 0 aromatic heterocycles. The molecule has 1 rings (SSSR count). The van der Waals surface area contributed by atoms with E-state index in [0.29, 0.717) is 6.42 Å². The fourth-order valence-corrected chi connectivity index (χ4v) is 3.15. The number of aliphatic hydroxyl groups excluding tert-OH is 2. The quantitative estimate of drug-likeness (QED) is 0.453. The second kappa shape index (κ2) is 13.2. The van der Waals surface area contributed by atoms with Gasteiger partial charge in [-0.25, -0.2) is 0 Å². The van der Waals surface area contributed by atoms with Crippen LogP contribution in [0.5, 0.6) is 0 Å². The Labute approximate surface area is 161 Å². The number of aliphatic hydroxyl groups is 2. The number of carboxylic acid groups (broad SMARTS) is 1. The SMILES string of the molecule is CC/C=C\C/C=C/C/C=C\C[C@@H](O)/C=C/[C@H]1[C@H](O)CC(=O)[C@H]1CCC(=O)O. The highest BCUT2D eigenvalue weighted by molar-refractivity contribution is 5.85. The summed E-state index contributed by atoms with van der Waals surface area (Å²) in [6.07, 6.45) is 17.5. The fourth-order valence-electron chi connectivity index (χ4n) is 3.15. The number of allylic oxidation sites excluding steroid dienone is 5. The lowest BCUT2D eigenvalue weighted by Gasteiger charge is -2.17. The molecule has 1 aliphatic carbocycles. The summed E-state index contributed by atoms with van der Waals surface area (Å²) in [5.41, 5.74) is 0. The third kappa shape index (κ3) is 9.50. The molecule has 5 heteroatoms. The van der Waals surface area contributed by atoms with E-state index in [0.717, 1.165) is 19.3 Å². The number of Topliss-reactive ketones (excluding diaryl/α,β-unsaturated/α-hetero) is 1. The zero-order valence-corrected chi connectivity index (χ0v) is 16.0. The molecular formula is C22H32O5. The average molecular weight is 376 g/mol. The normalized spacial score (nSPS) is 24.9. The van der Waals surface area contributed by atoms with Crippen LogP contribution in [0.2, 0.25) is 0 Å². The Morgan fingerprint density at radius 2 is 1.78 bits per heavy atom. The van der Waals surface area contributed by atoms with Gasteiger partial charge in [0.15, 0.2) is 0 Å². The first kappa shape index (κ1) is 23.1. The van der Waals surface area contributed by atoms with Crippen LogP contribution < -0.4 is 0 Å². The molecular weight excluding hydrogens is 344 g/mol. The number of hydrogen-bond acceptors (Lipinski definition) is 4. The van der Waals surface area contributed by atoms with Gasteiger partial charge in [0.2, 0.25) is 0 Å². The first-order valence-electron chi connectivity index (χ1n) is 9.69. The van der Waals surface area contributed by atoms with E-state index in [2.05, 4.69) is 31.2 Å². The van der Waals surface area contributed by atoms with Crippen LogP contribution in [0.1, 0.15) is 51.9 Å². The molecule has 0 saturated heterocycles. The second-order valence-corrected chi connectivity index (χ2v) is 6.84. The Balaban J connectivity index is 2.40. The lowest BCUT2D eigenvalue weighted by atomic mass is 9.89. The molecule has 150 valence electrons. The highest BCUT2D eigenvalue weighted by Gasteiger charge is 2.39. The Kier molecular flexibility index (Phi) is 11.3. The van der Waals surface area contributed by atoms with Crippen molar-refractivity contribution in [2.24, 2.45) is 11.8 Å². The van der Waals surface area contributed by atoms with Crippen LogP contribution in [0.3, 0.4) is 0 Å². The predicted molar refractivity (Wildman–Crippen MR) is 106 cm³/mol. The van der Waals surface area contributed by atoms with Gasteiger partial charge in [0.25, 0.3) is 0 Å². The van der Waals surface area contributed by atoms with Crippen LogP contribution in [0.4, 0.5) is 0 Å². The third-order valence-electron chi connectivity index (χ3n) is 4.62. The summed E-state index contributed by atoms with van der Waals surface area (Å²) in [6.45, 7) is 2.10. The van der Waals surface area contributed by atoms with Gasteiger partial charge in [-0.05, 0) is 32.1 Å². The smallest absolute Gasteiger partial charge is 0.303 e. The molecule has 0 heterocycles. The third-order valence-corrected chi connectivity index (χ3v) is 4.62. The molecule has 4 atom stereocenters. The molecule has 5 nitrogen and oxygen atoms in total. The Bertz CT molecular complexity index is 573. The van der Waals surface area contributed by atoms with Crippen molar-refractivity contribution in [1.29, 1.82) is 0 Å². The fraction of sp³-hybridized carbons (Fsp3) is 0.545. The lowest BCUT2D eigenvalue weighted by molar-refractivity contribution is -0.137. The summed E-state index contributed by atoms with van der Waals surface area (Å²) < 4.78 is 0. The number of rotatable bonds is 12. The van der Waals surface area contributed by atoms with Crippen molar-refractivity contribution in [2.75, 3.05) is 0 Å². The predicted octanol–water partition coefficient (Wildman–Crippen LogP) is 3.58. The van der Waals surface area contributed by atoms with E-state index in [1.165, 1.54) is 0 Å². The summed E-state index contributed by atoms with van der Waals surface area (Å²) >= 11 is 0. The number of carbonyl (C=O) groups is 2. The minimum absolute atomic E-state index is 0.0507. The number of ketones is 1. The van der Waals surface area contributed by atoms with E-state index in [1.807, 2.05) is 12.2 Å². The molecule has 0 spiro atoms. The number of hydrogen-bond donors (Lipinski definition) is 3. The Morgan fingerprint density at radius 3 is 2.41 bits per heavy atom. The standard InChI is InChI=1S/C22H32O5/c1-2-3-4-5-6-7-8-9-10-11-17(23)12-13-18-19(14-15-22(26)27)21(25)16-20(18)24/h3-4,6-7,9-10,12-13,17-20,23-24H,2,5,8,11,14-16H2,1H3,(H,26,27)/b4-3-,7-6+,10-9-,13-12+/t17-,18-,19+,20-/m1/s1. The minimum atomic E-state index is -0.951. The second-order valence-electron chi connectivity index (χ2n) is 6.84. The highest BCUT2D eigenvalue weighted by Crippen LogP contribution is 2.33. The average Bonchev–Trinajstić information content (AvgIpc) is 2.89. The summed E-state index contributed by atoms with van der Waals surface area (Å²) in [4.78, 5) is 22.7. The van der Waals surface area contributed by atoms with Crippen LogP contribution in [0.25, 0.3) is 0 Å². The van der Waals surface area contributed by atoms with Crippen LogP contribution in [-0.4, -0.2) is 39.3 Å². The van der Waals surface area contributed by atoms with E-state index in [-0.39, 0.29) is 25.0 Å². The van der Waals surface area contributed by atoms with Crippen molar-refractivity contribution < 1.29 is 24.9 Å². The van der Waals surface area contributed by atoms with E-state index >= 15 is 0 Å². The van der Waals surface area contributed by atoms with Crippen LogP contribution in [0.15, 0.2) is 48.6 Å². The van der Waals surface area contributed by atoms with Gasteiger partial charge in [0.1, 0.15) is 5.78 Å². The maximum absolute atomic E-state index is 11.9. The van der Waals surface area contributed by atoms with Gasteiger partial charge in [0, 0.05) is 24.7 Å². The van der Waals surface area contributed by atoms with Crippen LogP contribution >= 0.6 is 0 Å². The molecule has 0 unspecified atom stereocenters. The van der Waals surface area contributed by atoms with E-state index in [1.54, 1.807) is 12.2 Å². The first-order chi connectivity index (χ1) is 13.0. The van der Waals surface area contributed by atoms with E-state index in [4.69, 9.17) is 5.11 Å². The van der Waals surface area contributed by atoms with Crippen LogP contribution in [-0.2, 0) is 9.59 Å². The molecule has 0 bridgehead atoms. The molecule has 27 heavy (non-hydrogen) atoms. The zero-order chi connectivity index (χ0) is 20.1. The number of carboxylic acids is 1. The number of carbonyl (C=O) groups excluding carboxylic acids is 1. The van der Waals surface area contributed by atoms with Crippen molar-refractivity contribution in [3.63, 3.8) is 0 Å². The molecule has 0 amide bonds. The summed E-state index contributed by atoms with van der Waals surface area (Å²) in [6, 6.07) is 0. The summed E-state index contributed by atoms with van der Waals surface area (Å²) in [5.74, 6) is -1.96. The van der Waals surface area contributed by atoms with Gasteiger partial charge in [-0.2, -0.15) is 0 Å². The largest absolute Gasteiger partial charge is 0.481 e. The van der Waals surface area contributed by atoms with Gasteiger partial charge in [-0.1, -0.05) is 55.5 Å². The van der Waals surface area contributed by atoms with E-state index in [9.17, 15) is 19.8 Å². The molecule has 3 N–H and O–H groups in total. The maximum Gasteiger partial charge on any atom is 0.303 e. The van der Waals surface area contributed by atoms with Gasteiger partial charge >= 0.3 is 5.97 Å². The highest BCUT2D eigenvalue weighted by atomic mass is 16.4. The van der Waals surface area contributed by atoms with Gasteiger partial charge in [-0.3, -0.25) is 9.59 Å². The van der Waals surface area contributed by atoms with Gasteiger partial charge < -0.3 is 15.3 Å². The van der Waals surface area contributed by atoms with Crippen molar-refractivity contribution in [3.05, 3.63) is 48.6 Å². The minimum Gasteiger partial charge on any atom is -0.481 e. The molecule has 0 radical (unpaired) electrons. The van der Waals surface area contributed by atoms with E-state index < -0.39 is 30.0 Å². The molecule has 0 aliphatic heterocycles. The maximum atomic E-state index is 11.9.